The van der Waals surface area contributed by atoms with Crippen LogP contribution in [0.2, 0.25) is 5.02 Å². The van der Waals surface area contributed by atoms with Gasteiger partial charge in [-0.15, -0.1) is 0 Å². The van der Waals surface area contributed by atoms with Crippen LogP contribution in [-0.4, -0.2) is 16.0 Å². The zero-order valence-electron chi connectivity index (χ0n) is 20.5. The standard InChI is InChI=1S/C30H25ClN2O3S/c1-19-7-8-20(2)23(15-19)18-33-26-16-22(29(34)32-17-21-9-12-24(31)13-10-21)11-14-28(26)37(36)27-6-4-3-5-25(27)30(33)35/h3-16H,17-18H2,1-2H3,(H,32,34). The molecule has 0 aliphatic carbocycles. The maximum Gasteiger partial charge on any atom is 0.259 e. The maximum atomic E-state index is 13.8. The first-order valence-corrected chi connectivity index (χ1v) is 13.4. The molecule has 2 amide bonds. The largest absolute Gasteiger partial charge is 0.348 e. The molecule has 5 nitrogen and oxygen atoms in total. The lowest BCUT2D eigenvalue weighted by Crippen LogP contribution is -2.31. The fourth-order valence-electron chi connectivity index (χ4n) is 4.39. The Labute approximate surface area is 223 Å². The summed E-state index contributed by atoms with van der Waals surface area (Å²) in [4.78, 5) is 29.5. The van der Waals surface area contributed by atoms with Crippen LogP contribution in [0.25, 0.3) is 0 Å². The minimum absolute atomic E-state index is 0.248. The number of benzene rings is 4. The topological polar surface area (TPSA) is 66.5 Å². The molecule has 0 aromatic heterocycles. The van der Waals surface area contributed by atoms with Gasteiger partial charge in [-0.05, 0) is 73.0 Å². The first-order valence-electron chi connectivity index (χ1n) is 11.9. The summed E-state index contributed by atoms with van der Waals surface area (Å²) in [5.41, 5.74) is 5.29. The number of carbonyl (C=O) groups is 2. The van der Waals surface area contributed by atoms with Gasteiger partial charge in [-0.3, -0.25) is 9.59 Å². The molecule has 1 aliphatic rings. The van der Waals surface area contributed by atoms with Gasteiger partial charge in [-0.25, -0.2) is 4.21 Å². The molecule has 1 heterocycles. The third-order valence-electron chi connectivity index (χ3n) is 6.47. The van der Waals surface area contributed by atoms with Gasteiger partial charge in [0.15, 0.2) is 0 Å². The van der Waals surface area contributed by atoms with Gasteiger partial charge in [0.1, 0.15) is 0 Å². The lowest BCUT2D eigenvalue weighted by Gasteiger charge is -2.24. The molecule has 4 aromatic carbocycles. The zero-order valence-corrected chi connectivity index (χ0v) is 22.0. The Bertz CT molecular complexity index is 1550. The van der Waals surface area contributed by atoms with Crippen LogP contribution in [0.5, 0.6) is 0 Å². The van der Waals surface area contributed by atoms with Crippen LogP contribution >= 0.6 is 11.6 Å². The molecule has 0 fully saturated rings. The summed E-state index contributed by atoms with van der Waals surface area (Å²) in [6.45, 7) is 4.63. The van der Waals surface area contributed by atoms with Crippen molar-refractivity contribution in [3.05, 3.63) is 123 Å². The molecule has 0 saturated carbocycles. The number of nitrogens with zero attached hydrogens (tertiary/aromatic N) is 1. The van der Waals surface area contributed by atoms with E-state index in [-0.39, 0.29) is 11.8 Å². The summed E-state index contributed by atoms with van der Waals surface area (Å²) >= 11 is 5.95. The highest BCUT2D eigenvalue weighted by molar-refractivity contribution is 7.85. The van der Waals surface area contributed by atoms with Crippen molar-refractivity contribution in [2.24, 2.45) is 0 Å². The molecule has 7 heteroatoms. The van der Waals surface area contributed by atoms with E-state index in [1.807, 2.05) is 38.1 Å². The Kier molecular flexibility index (Phi) is 6.96. The number of halogens is 1. The van der Waals surface area contributed by atoms with Gasteiger partial charge >= 0.3 is 0 Å². The molecule has 0 spiro atoms. The highest BCUT2D eigenvalue weighted by atomic mass is 35.5. The fraction of sp³-hybridized carbons (Fsp3) is 0.133. The molecule has 1 N–H and O–H groups in total. The van der Waals surface area contributed by atoms with Crippen molar-refractivity contribution in [1.29, 1.82) is 0 Å². The summed E-state index contributed by atoms with van der Waals surface area (Å²) in [7, 11) is -1.58. The predicted molar refractivity (Wildman–Crippen MR) is 147 cm³/mol. The van der Waals surface area contributed by atoms with Crippen LogP contribution in [0, 0.1) is 13.8 Å². The van der Waals surface area contributed by atoms with Gasteiger partial charge in [0.05, 0.1) is 38.4 Å². The highest BCUT2D eigenvalue weighted by Crippen LogP contribution is 2.36. The average Bonchev–Trinajstić information content (AvgIpc) is 2.99. The number of nitrogens with one attached hydrogen (secondary N) is 1. The monoisotopic (exact) mass is 528 g/mol. The lowest BCUT2D eigenvalue weighted by atomic mass is 10.0. The SMILES string of the molecule is Cc1ccc(C)c(CN2C(=O)c3ccccc3S(=O)c3ccc(C(=O)NCc4ccc(Cl)cc4)cc32)c1. The second-order valence-electron chi connectivity index (χ2n) is 9.08. The van der Waals surface area contributed by atoms with Crippen LogP contribution in [0.4, 0.5) is 5.69 Å². The summed E-state index contributed by atoms with van der Waals surface area (Å²) in [5, 5.41) is 3.54. The van der Waals surface area contributed by atoms with Crippen molar-refractivity contribution in [1.82, 2.24) is 5.32 Å². The van der Waals surface area contributed by atoms with E-state index in [2.05, 4.69) is 11.4 Å². The average molecular weight is 529 g/mol. The predicted octanol–water partition coefficient (Wildman–Crippen LogP) is 6.21. The molecule has 0 saturated heterocycles. The van der Waals surface area contributed by atoms with Gasteiger partial charge in [-0.1, -0.05) is 59.6 Å². The molecule has 1 unspecified atom stereocenters. The molecule has 4 aromatic rings. The van der Waals surface area contributed by atoms with E-state index in [1.165, 1.54) is 0 Å². The van der Waals surface area contributed by atoms with E-state index in [0.29, 0.717) is 44.7 Å². The second-order valence-corrected chi connectivity index (χ2v) is 10.9. The Morgan fingerprint density at radius 3 is 2.46 bits per heavy atom. The summed E-state index contributed by atoms with van der Waals surface area (Å²) in [6.07, 6.45) is 0. The Morgan fingerprint density at radius 2 is 1.68 bits per heavy atom. The van der Waals surface area contributed by atoms with Crippen molar-refractivity contribution in [3.8, 4) is 0 Å². The van der Waals surface area contributed by atoms with Crippen molar-refractivity contribution in [2.45, 2.75) is 36.7 Å². The molecule has 186 valence electrons. The van der Waals surface area contributed by atoms with E-state index in [1.54, 1.807) is 59.5 Å². The molecular formula is C30H25ClN2O3S. The van der Waals surface area contributed by atoms with E-state index < -0.39 is 10.8 Å². The minimum atomic E-state index is -1.58. The van der Waals surface area contributed by atoms with E-state index in [0.717, 1.165) is 22.3 Å². The van der Waals surface area contributed by atoms with E-state index in [9.17, 15) is 13.8 Å². The van der Waals surface area contributed by atoms with Crippen molar-refractivity contribution in [3.63, 3.8) is 0 Å². The minimum Gasteiger partial charge on any atom is -0.348 e. The number of anilines is 1. The molecule has 1 atom stereocenters. The number of aryl methyl sites for hydroxylation is 2. The Balaban J connectivity index is 1.55. The van der Waals surface area contributed by atoms with Gasteiger partial charge in [0.2, 0.25) is 0 Å². The summed E-state index contributed by atoms with van der Waals surface area (Å²) in [6, 6.07) is 25.4. The number of hydrogen-bond donors (Lipinski definition) is 1. The Morgan fingerprint density at radius 1 is 0.919 bits per heavy atom. The number of fused-ring (bicyclic) bond motifs is 2. The molecule has 0 radical (unpaired) electrons. The number of carbonyl (C=O) groups excluding carboxylic acids is 2. The van der Waals surface area contributed by atoms with Crippen molar-refractivity contribution in [2.75, 3.05) is 4.90 Å². The molecule has 5 rings (SSSR count). The zero-order chi connectivity index (χ0) is 26.1. The number of hydrogen-bond acceptors (Lipinski definition) is 3. The van der Waals surface area contributed by atoms with Gasteiger partial charge < -0.3 is 10.2 Å². The highest BCUT2D eigenvalue weighted by Gasteiger charge is 2.31. The maximum absolute atomic E-state index is 13.8. The smallest absolute Gasteiger partial charge is 0.259 e. The molecule has 37 heavy (non-hydrogen) atoms. The third-order valence-corrected chi connectivity index (χ3v) is 8.23. The molecule has 1 aliphatic heterocycles. The number of amides is 2. The fourth-order valence-corrected chi connectivity index (χ4v) is 5.86. The Hall–Kier alpha value is -3.74. The number of rotatable bonds is 5. The summed E-state index contributed by atoms with van der Waals surface area (Å²) in [5.74, 6) is -0.535. The first-order chi connectivity index (χ1) is 17.8. The van der Waals surface area contributed by atoms with E-state index in [4.69, 9.17) is 11.6 Å². The van der Waals surface area contributed by atoms with Crippen LogP contribution in [-0.2, 0) is 23.9 Å². The van der Waals surface area contributed by atoms with E-state index >= 15 is 0 Å². The lowest BCUT2D eigenvalue weighted by molar-refractivity contribution is 0.0947. The second kappa shape index (κ2) is 10.3. The van der Waals surface area contributed by atoms with Gasteiger partial charge in [0.25, 0.3) is 11.8 Å². The van der Waals surface area contributed by atoms with Gasteiger partial charge in [-0.2, -0.15) is 0 Å². The molecule has 0 bridgehead atoms. The van der Waals surface area contributed by atoms with Gasteiger partial charge in [0, 0.05) is 17.1 Å². The summed E-state index contributed by atoms with van der Waals surface area (Å²) < 4.78 is 13.6. The third kappa shape index (κ3) is 5.08. The first kappa shape index (κ1) is 24.9. The van der Waals surface area contributed by atoms with Crippen LogP contribution in [0.15, 0.2) is 94.7 Å². The van der Waals surface area contributed by atoms with Crippen molar-refractivity contribution >= 4 is 39.9 Å². The quantitative estimate of drug-likeness (QED) is 0.334. The van der Waals surface area contributed by atoms with Crippen LogP contribution in [0.3, 0.4) is 0 Å². The normalized spacial score (nSPS) is 14.5. The van der Waals surface area contributed by atoms with Crippen LogP contribution < -0.4 is 10.2 Å². The van der Waals surface area contributed by atoms with Crippen molar-refractivity contribution < 1.29 is 13.8 Å². The van der Waals surface area contributed by atoms with Crippen LogP contribution in [0.1, 0.15) is 43.0 Å². The molecular weight excluding hydrogens is 504 g/mol.